The van der Waals surface area contributed by atoms with E-state index in [1.54, 1.807) is 0 Å². The summed E-state index contributed by atoms with van der Waals surface area (Å²) in [6, 6.07) is 0. The fourth-order valence-corrected chi connectivity index (χ4v) is 1.79. The first-order valence-corrected chi connectivity index (χ1v) is 5.73. The monoisotopic (exact) mass is 210 g/mol. The molecule has 2 nitrogen and oxygen atoms in total. The van der Waals surface area contributed by atoms with Crippen LogP contribution in [-0.4, -0.2) is 11.6 Å². The van der Waals surface area contributed by atoms with Crippen molar-refractivity contribution in [3.05, 3.63) is 11.6 Å². The molecule has 0 aromatic rings. The lowest BCUT2D eigenvalue weighted by Crippen LogP contribution is -2.24. The maximum Gasteiger partial charge on any atom is 0.334 e. The number of ether oxygens (including phenoxy) is 1. The maximum atomic E-state index is 11.7. The highest BCUT2D eigenvalue weighted by Crippen LogP contribution is 2.30. The molecule has 1 aliphatic rings. The topological polar surface area (TPSA) is 26.3 Å². The first kappa shape index (κ1) is 12.3. The number of carbonyl (C=O) groups excluding carboxylic acids is 1. The normalized spacial score (nSPS) is 21.7. The van der Waals surface area contributed by atoms with Gasteiger partial charge in [-0.3, -0.25) is 0 Å². The van der Waals surface area contributed by atoms with Crippen LogP contribution in [0.5, 0.6) is 0 Å². The molecule has 0 saturated heterocycles. The Balaban J connectivity index is 2.59. The first-order chi connectivity index (χ1) is 6.79. The second kappa shape index (κ2) is 4.38. The molecule has 1 atom stereocenters. The van der Waals surface area contributed by atoms with Crippen molar-refractivity contribution in [3.63, 3.8) is 0 Å². The van der Waals surface area contributed by atoms with E-state index in [9.17, 15) is 4.79 Å². The number of rotatable bonds is 2. The molecule has 0 N–H and O–H groups in total. The van der Waals surface area contributed by atoms with Crippen molar-refractivity contribution >= 4 is 5.97 Å². The highest BCUT2D eigenvalue weighted by atomic mass is 16.6. The Hall–Kier alpha value is -0.790. The summed E-state index contributed by atoms with van der Waals surface area (Å²) in [5, 5.41) is 0. The van der Waals surface area contributed by atoms with Gasteiger partial charge in [0.2, 0.25) is 0 Å². The molecular weight excluding hydrogens is 188 g/mol. The van der Waals surface area contributed by atoms with Gasteiger partial charge in [-0.2, -0.15) is 0 Å². The number of esters is 1. The van der Waals surface area contributed by atoms with Crippen molar-refractivity contribution < 1.29 is 9.53 Å². The van der Waals surface area contributed by atoms with E-state index in [4.69, 9.17) is 4.74 Å². The summed E-state index contributed by atoms with van der Waals surface area (Å²) >= 11 is 0. The zero-order valence-electron chi connectivity index (χ0n) is 10.5. The van der Waals surface area contributed by atoms with Gasteiger partial charge in [0.05, 0.1) is 0 Å². The van der Waals surface area contributed by atoms with Crippen molar-refractivity contribution in [2.24, 2.45) is 11.8 Å². The van der Waals surface area contributed by atoms with Crippen LogP contribution in [0.4, 0.5) is 0 Å². The molecule has 2 heteroatoms. The van der Waals surface area contributed by atoms with Crippen molar-refractivity contribution in [1.82, 2.24) is 0 Å². The summed E-state index contributed by atoms with van der Waals surface area (Å²) in [5.41, 5.74) is 0.483. The summed E-state index contributed by atoms with van der Waals surface area (Å²) in [5.74, 6) is 1.03. The third-order valence-electron chi connectivity index (χ3n) is 2.68. The minimum absolute atomic E-state index is 0.134. The van der Waals surface area contributed by atoms with Gasteiger partial charge in [0.15, 0.2) is 0 Å². The smallest absolute Gasteiger partial charge is 0.334 e. The van der Waals surface area contributed by atoms with Crippen LogP contribution in [0.3, 0.4) is 0 Å². The van der Waals surface area contributed by atoms with Gasteiger partial charge in [0.1, 0.15) is 5.60 Å². The Bertz CT molecular complexity index is 269. The van der Waals surface area contributed by atoms with E-state index >= 15 is 0 Å². The van der Waals surface area contributed by atoms with Gasteiger partial charge in [-0.1, -0.05) is 19.9 Å². The molecule has 0 radical (unpaired) electrons. The number of hydrogen-bond donors (Lipinski definition) is 0. The van der Waals surface area contributed by atoms with E-state index in [1.165, 1.54) is 0 Å². The third kappa shape index (κ3) is 3.69. The zero-order chi connectivity index (χ0) is 11.6. The fourth-order valence-electron chi connectivity index (χ4n) is 1.79. The molecule has 86 valence electrons. The van der Waals surface area contributed by atoms with Crippen LogP contribution in [0.2, 0.25) is 0 Å². The highest BCUT2D eigenvalue weighted by molar-refractivity contribution is 5.89. The number of allylic oxidation sites excluding steroid dienone is 1. The van der Waals surface area contributed by atoms with Gasteiger partial charge in [0.25, 0.3) is 0 Å². The van der Waals surface area contributed by atoms with Crippen molar-refractivity contribution in [1.29, 1.82) is 0 Å². The van der Waals surface area contributed by atoms with Gasteiger partial charge in [-0.05, 0) is 45.4 Å². The first-order valence-electron chi connectivity index (χ1n) is 5.73. The minimum Gasteiger partial charge on any atom is -0.457 e. The summed E-state index contributed by atoms with van der Waals surface area (Å²) in [6.07, 6.45) is 4.06. The Morgan fingerprint density at radius 3 is 2.47 bits per heavy atom. The molecular formula is C13H22O2. The van der Waals surface area contributed by atoms with E-state index in [0.717, 1.165) is 18.4 Å². The van der Waals surface area contributed by atoms with Crippen molar-refractivity contribution in [3.8, 4) is 0 Å². The Kier molecular flexibility index (Phi) is 3.58. The number of carbonyl (C=O) groups is 1. The van der Waals surface area contributed by atoms with Crippen molar-refractivity contribution in [2.45, 2.75) is 53.1 Å². The third-order valence-corrected chi connectivity index (χ3v) is 2.68. The maximum absolute atomic E-state index is 11.7. The van der Waals surface area contributed by atoms with E-state index in [2.05, 4.69) is 19.9 Å². The summed E-state index contributed by atoms with van der Waals surface area (Å²) < 4.78 is 5.34. The molecule has 0 spiro atoms. The average Bonchev–Trinajstić information content (AvgIpc) is 2.47. The Morgan fingerprint density at radius 2 is 2.07 bits per heavy atom. The van der Waals surface area contributed by atoms with E-state index in [1.807, 2.05) is 20.8 Å². The molecule has 0 heterocycles. The second-order valence-corrected chi connectivity index (χ2v) is 5.64. The van der Waals surface area contributed by atoms with Crippen LogP contribution in [0, 0.1) is 11.8 Å². The van der Waals surface area contributed by atoms with Gasteiger partial charge in [0, 0.05) is 5.57 Å². The molecule has 0 saturated carbocycles. The van der Waals surface area contributed by atoms with Crippen molar-refractivity contribution in [2.75, 3.05) is 0 Å². The van der Waals surface area contributed by atoms with Crippen LogP contribution in [0.25, 0.3) is 0 Å². The van der Waals surface area contributed by atoms with Crippen LogP contribution < -0.4 is 0 Å². The highest BCUT2D eigenvalue weighted by Gasteiger charge is 2.26. The Labute approximate surface area is 92.7 Å². The standard InChI is InChI=1S/C13H22O2/c1-9(2)10-6-7-11(8-10)12(14)15-13(3,4)5/h8-10H,6-7H2,1-5H3/t10-/m1/s1. The van der Waals surface area contributed by atoms with Crippen LogP contribution in [0.15, 0.2) is 11.6 Å². The lowest BCUT2D eigenvalue weighted by Gasteiger charge is -2.19. The molecule has 0 aromatic heterocycles. The van der Waals surface area contributed by atoms with E-state index in [-0.39, 0.29) is 11.6 Å². The molecule has 0 fully saturated rings. The van der Waals surface area contributed by atoms with Crippen LogP contribution >= 0.6 is 0 Å². The predicted molar refractivity (Wildman–Crippen MR) is 61.5 cm³/mol. The molecule has 0 unspecified atom stereocenters. The number of hydrogen-bond acceptors (Lipinski definition) is 2. The quantitative estimate of drug-likeness (QED) is 0.653. The zero-order valence-corrected chi connectivity index (χ0v) is 10.5. The average molecular weight is 210 g/mol. The summed E-state index contributed by atoms with van der Waals surface area (Å²) in [7, 11) is 0. The SMILES string of the molecule is CC(C)[C@H]1C=C(C(=O)OC(C)(C)C)CC1. The summed E-state index contributed by atoms with van der Waals surface area (Å²) in [4.78, 5) is 11.7. The van der Waals surface area contributed by atoms with Crippen LogP contribution in [-0.2, 0) is 9.53 Å². The van der Waals surface area contributed by atoms with Gasteiger partial charge < -0.3 is 4.74 Å². The molecule has 1 aliphatic carbocycles. The molecule has 0 aromatic carbocycles. The summed E-state index contributed by atoms with van der Waals surface area (Å²) in [6.45, 7) is 10.1. The van der Waals surface area contributed by atoms with E-state index in [0.29, 0.717) is 11.8 Å². The van der Waals surface area contributed by atoms with E-state index < -0.39 is 0 Å². The molecule has 0 bridgehead atoms. The second-order valence-electron chi connectivity index (χ2n) is 5.64. The fraction of sp³-hybridized carbons (Fsp3) is 0.769. The van der Waals surface area contributed by atoms with Gasteiger partial charge in [-0.15, -0.1) is 0 Å². The molecule has 0 amide bonds. The molecule has 1 rings (SSSR count). The lowest BCUT2D eigenvalue weighted by atomic mass is 9.96. The lowest BCUT2D eigenvalue weighted by molar-refractivity contribution is -0.149. The van der Waals surface area contributed by atoms with Crippen LogP contribution in [0.1, 0.15) is 47.5 Å². The van der Waals surface area contributed by atoms with Gasteiger partial charge >= 0.3 is 5.97 Å². The molecule has 15 heavy (non-hydrogen) atoms. The predicted octanol–water partition coefficient (Wildman–Crippen LogP) is 3.32. The van der Waals surface area contributed by atoms with Gasteiger partial charge in [-0.25, -0.2) is 4.79 Å². The largest absolute Gasteiger partial charge is 0.457 e. The molecule has 0 aliphatic heterocycles. The minimum atomic E-state index is -0.381. The Morgan fingerprint density at radius 1 is 1.47 bits per heavy atom.